The van der Waals surface area contributed by atoms with Crippen LogP contribution in [-0.4, -0.2) is 55.2 Å². The van der Waals surface area contributed by atoms with Crippen LogP contribution in [0.15, 0.2) is 12.2 Å². The normalized spacial score (nSPS) is 15.8. The van der Waals surface area contributed by atoms with Gasteiger partial charge in [0.15, 0.2) is 6.61 Å². The Morgan fingerprint density at radius 1 is 1.24 bits per heavy atom. The summed E-state index contributed by atoms with van der Waals surface area (Å²) in [5.74, 6) is -0.868. The van der Waals surface area contributed by atoms with Crippen LogP contribution in [0.4, 0.5) is 4.79 Å². The second-order valence-corrected chi connectivity index (χ2v) is 4.64. The summed E-state index contributed by atoms with van der Waals surface area (Å²) in [7, 11) is 0. The van der Waals surface area contributed by atoms with E-state index in [-0.39, 0.29) is 24.6 Å². The van der Waals surface area contributed by atoms with Crippen LogP contribution >= 0.6 is 0 Å². The van der Waals surface area contributed by atoms with Crippen LogP contribution in [0, 0.1) is 0 Å². The number of piperidine rings is 1. The lowest BCUT2D eigenvalue weighted by atomic mass is 10.1. The molecule has 7 nitrogen and oxygen atoms in total. The third-order valence-corrected chi connectivity index (χ3v) is 3.03. The van der Waals surface area contributed by atoms with Crippen molar-refractivity contribution >= 4 is 18.0 Å². The van der Waals surface area contributed by atoms with Crippen molar-refractivity contribution in [2.24, 2.45) is 0 Å². The van der Waals surface area contributed by atoms with Crippen LogP contribution in [0.1, 0.15) is 26.7 Å². The molecule has 118 valence electrons. The van der Waals surface area contributed by atoms with Gasteiger partial charge in [0.2, 0.25) is 0 Å². The summed E-state index contributed by atoms with van der Waals surface area (Å²) in [5, 5.41) is 2.79. The summed E-state index contributed by atoms with van der Waals surface area (Å²) in [6.07, 6.45) is 3.81. The summed E-state index contributed by atoms with van der Waals surface area (Å²) in [4.78, 5) is 35.8. The number of rotatable bonds is 5. The van der Waals surface area contributed by atoms with E-state index in [4.69, 9.17) is 9.47 Å². The van der Waals surface area contributed by atoms with Crippen LogP contribution in [0.2, 0.25) is 0 Å². The number of hydrogen-bond acceptors (Lipinski definition) is 5. The molecule has 0 atom stereocenters. The second-order valence-electron chi connectivity index (χ2n) is 4.64. The van der Waals surface area contributed by atoms with Crippen LogP contribution in [0.25, 0.3) is 0 Å². The fourth-order valence-corrected chi connectivity index (χ4v) is 2.01. The predicted octanol–water partition coefficient (Wildman–Crippen LogP) is 0.843. The van der Waals surface area contributed by atoms with Gasteiger partial charge < -0.3 is 19.7 Å². The molecule has 0 aliphatic carbocycles. The van der Waals surface area contributed by atoms with Crippen molar-refractivity contribution in [3.8, 4) is 0 Å². The first-order valence-electron chi connectivity index (χ1n) is 7.07. The molecule has 1 heterocycles. The Morgan fingerprint density at radius 3 is 2.48 bits per heavy atom. The van der Waals surface area contributed by atoms with E-state index in [9.17, 15) is 14.4 Å². The lowest BCUT2D eigenvalue weighted by Gasteiger charge is -2.31. The number of ether oxygens (including phenoxy) is 2. The van der Waals surface area contributed by atoms with Crippen LogP contribution in [0.3, 0.4) is 0 Å². The molecule has 0 aromatic heterocycles. The van der Waals surface area contributed by atoms with E-state index in [2.05, 4.69) is 5.32 Å². The highest BCUT2D eigenvalue weighted by Gasteiger charge is 2.24. The van der Waals surface area contributed by atoms with E-state index in [1.54, 1.807) is 24.8 Å². The van der Waals surface area contributed by atoms with E-state index < -0.39 is 5.97 Å². The maximum atomic E-state index is 11.6. The van der Waals surface area contributed by atoms with Gasteiger partial charge >= 0.3 is 12.1 Å². The van der Waals surface area contributed by atoms with Crippen molar-refractivity contribution in [1.82, 2.24) is 10.2 Å². The maximum absolute atomic E-state index is 11.6. The SMILES string of the molecule is C/C=C/C(=O)OCC(=O)NC1CCN(C(=O)OCC)CC1. The minimum absolute atomic E-state index is 0.0106. The molecule has 0 bridgehead atoms. The van der Waals surface area contributed by atoms with Crippen molar-refractivity contribution in [3.05, 3.63) is 12.2 Å². The molecular weight excluding hydrogens is 276 g/mol. The van der Waals surface area contributed by atoms with Crippen molar-refractivity contribution < 1.29 is 23.9 Å². The van der Waals surface area contributed by atoms with Gasteiger partial charge in [-0.15, -0.1) is 0 Å². The lowest BCUT2D eigenvalue weighted by molar-refractivity contribution is -0.144. The van der Waals surface area contributed by atoms with Gasteiger partial charge in [-0.05, 0) is 26.7 Å². The first-order chi connectivity index (χ1) is 10.1. The third-order valence-electron chi connectivity index (χ3n) is 3.03. The van der Waals surface area contributed by atoms with E-state index in [0.717, 1.165) is 0 Å². The van der Waals surface area contributed by atoms with E-state index in [1.807, 2.05) is 0 Å². The fraction of sp³-hybridized carbons (Fsp3) is 0.643. The van der Waals surface area contributed by atoms with E-state index in [1.165, 1.54) is 6.08 Å². The lowest BCUT2D eigenvalue weighted by Crippen LogP contribution is -2.47. The smallest absolute Gasteiger partial charge is 0.409 e. The molecule has 0 unspecified atom stereocenters. The molecule has 1 saturated heterocycles. The van der Waals surface area contributed by atoms with Gasteiger partial charge in [0, 0.05) is 25.2 Å². The molecule has 7 heteroatoms. The van der Waals surface area contributed by atoms with Crippen molar-refractivity contribution in [2.45, 2.75) is 32.7 Å². The van der Waals surface area contributed by atoms with Crippen LogP contribution in [0.5, 0.6) is 0 Å². The van der Waals surface area contributed by atoms with Crippen LogP contribution < -0.4 is 5.32 Å². The molecule has 0 aromatic rings. The zero-order valence-corrected chi connectivity index (χ0v) is 12.5. The molecule has 1 N–H and O–H groups in total. The van der Waals surface area contributed by atoms with Gasteiger partial charge in [0.25, 0.3) is 5.91 Å². The van der Waals surface area contributed by atoms with Gasteiger partial charge in [-0.2, -0.15) is 0 Å². The van der Waals surface area contributed by atoms with Crippen molar-refractivity contribution in [1.29, 1.82) is 0 Å². The number of esters is 1. The average Bonchev–Trinajstić information content (AvgIpc) is 2.46. The molecule has 1 aliphatic heterocycles. The van der Waals surface area contributed by atoms with E-state index >= 15 is 0 Å². The third kappa shape index (κ3) is 6.29. The van der Waals surface area contributed by atoms with E-state index in [0.29, 0.717) is 32.5 Å². The van der Waals surface area contributed by atoms with Gasteiger partial charge in [-0.3, -0.25) is 4.79 Å². The average molecular weight is 298 g/mol. The van der Waals surface area contributed by atoms with Gasteiger partial charge in [-0.1, -0.05) is 6.08 Å². The standard InChI is InChI=1S/C14H22N2O5/c1-3-5-13(18)21-10-12(17)15-11-6-8-16(9-7-11)14(19)20-4-2/h3,5,11H,4,6-10H2,1-2H3,(H,15,17)/b5-3+. The second kappa shape index (κ2) is 8.99. The highest BCUT2D eigenvalue weighted by molar-refractivity contribution is 5.85. The number of carbonyl (C=O) groups is 3. The molecule has 1 aliphatic rings. The first kappa shape index (κ1) is 17.0. The topological polar surface area (TPSA) is 84.9 Å². The molecule has 0 radical (unpaired) electrons. The van der Waals surface area contributed by atoms with Gasteiger partial charge in [-0.25, -0.2) is 9.59 Å². The quantitative estimate of drug-likeness (QED) is 0.600. The Hall–Kier alpha value is -2.05. The van der Waals surface area contributed by atoms with Crippen molar-refractivity contribution in [3.63, 3.8) is 0 Å². The molecule has 0 saturated carbocycles. The molecule has 0 aromatic carbocycles. The Labute approximate surface area is 124 Å². The maximum Gasteiger partial charge on any atom is 0.409 e. The summed E-state index contributed by atoms with van der Waals surface area (Å²) in [5.41, 5.74) is 0. The highest BCUT2D eigenvalue weighted by atomic mass is 16.6. The fourth-order valence-electron chi connectivity index (χ4n) is 2.01. The molecule has 0 spiro atoms. The highest BCUT2D eigenvalue weighted by Crippen LogP contribution is 2.11. The number of likely N-dealkylation sites (tertiary alicyclic amines) is 1. The Kier molecular flexibility index (Phi) is 7.28. The molecule has 1 fully saturated rings. The van der Waals surface area contributed by atoms with Gasteiger partial charge in [0.1, 0.15) is 0 Å². The molecular formula is C14H22N2O5. The number of nitrogens with zero attached hydrogens (tertiary/aromatic N) is 1. The minimum atomic E-state index is -0.537. The zero-order valence-electron chi connectivity index (χ0n) is 12.5. The number of hydrogen-bond donors (Lipinski definition) is 1. The minimum Gasteiger partial charge on any atom is -0.452 e. The largest absolute Gasteiger partial charge is 0.452 e. The monoisotopic (exact) mass is 298 g/mol. The number of carbonyl (C=O) groups excluding carboxylic acids is 3. The zero-order chi connectivity index (χ0) is 15.7. The number of allylic oxidation sites excluding steroid dienone is 1. The molecule has 2 amide bonds. The summed E-state index contributed by atoms with van der Waals surface area (Å²) in [6, 6.07) is -0.0106. The van der Waals surface area contributed by atoms with Crippen LogP contribution in [-0.2, 0) is 19.1 Å². The number of nitrogens with one attached hydrogen (secondary N) is 1. The Morgan fingerprint density at radius 2 is 1.90 bits per heavy atom. The first-order valence-corrected chi connectivity index (χ1v) is 7.07. The predicted molar refractivity (Wildman–Crippen MR) is 75.5 cm³/mol. The molecule has 21 heavy (non-hydrogen) atoms. The summed E-state index contributed by atoms with van der Waals surface area (Å²) in [6.45, 7) is 4.61. The Balaban J connectivity index is 2.24. The van der Waals surface area contributed by atoms with Crippen molar-refractivity contribution in [2.75, 3.05) is 26.3 Å². The summed E-state index contributed by atoms with van der Waals surface area (Å²) >= 11 is 0. The number of amides is 2. The Bertz CT molecular complexity index is 400. The molecule has 1 rings (SSSR count). The summed E-state index contributed by atoms with van der Waals surface area (Å²) < 4.78 is 9.68. The van der Waals surface area contributed by atoms with Gasteiger partial charge in [0.05, 0.1) is 6.61 Å².